The molecule has 5 nitrogen and oxygen atoms in total. The van der Waals surface area contributed by atoms with Gasteiger partial charge in [0, 0.05) is 11.3 Å². The summed E-state index contributed by atoms with van der Waals surface area (Å²) in [5.41, 5.74) is 3.85. The minimum absolute atomic E-state index is 0.0992. The summed E-state index contributed by atoms with van der Waals surface area (Å²) in [4.78, 5) is 24.8. The highest BCUT2D eigenvalue weighted by Crippen LogP contribution is 2.75. The van der Waals surface area contributed by atoms with Crippen LogP contribution in [0.5, 0.6) is 0 Å². The quantitative estimate of drug-likeness (QED) is 0.449. The van der Waals surface area contributed by atoms with Gasteiger partial charge in [0.05, 0.1) is 0 Å². The number of carbonyl (C=O) groups is 2. The van der Waals surface area contributed by atoms with Gasteiger partial charge in [-0.3, -0.25) is 0 Å². The molecule has 36 heavy (non-hydrogen) atoms. The molecule has 0 heterocycles. The Hall–Kier alpha value is -3.74. The number of amides is 1. The molecule has 0 aliphatic heterocycles. The van der Waals surface area contributed by atoms with E-state index in [9.17, 15) is 23.5 Å². The van der Waals surface area contributed by atoms with Crippen molar-refractivity contribution in [3.63, 3.8) is 0 Å². The van der Waals surface area contributed by atoms with Crippen molar-refractivity contribution in [1.29, 1.82) is 0 Å². The van der Waals surface area contributed by atoms with Gasteiger partial charge in [-0.2, -0.15) is 0 Å². The van der Waals surface area contributed by atoms with Crippen LogP contribution in [0, 0.1) is 22.5 Å². The first-order valence-corrected chi connectivity index (χ1v) is 12.1. The number of carboxylic acid groups (broad SMARTS) is 1. The lowest BCUT2D eigenvalue weighted by Gasteiger charge is -2.72. The van der Waals surface area contributed by atoms with E-state index in [1.165, 1.54) is 6.07 Å². The highest BCUT2D eigenvalue weighted by molar-refractivity contribution is 5.82. The first-order chi connectivity index (χ1) is 17.3. The summed E-state index contributed by atoms with van der Waals surface area (Å²) in [6.07, 6.45) is 1.21. The molecule has 0 aromatic heterocycles. The molecule has 4 aliphatic carbocycles. The van der Waals surface area contributed by atoms with E-state index in [0.29, 0.717) is 31.2 Å². The number of benzene rings is 3. The minimum atomic E-state index is -1.12. The molecule has 3 aromatic rings. The molecule has 7 rings (SSSR count). The Labute approximate surface area is 207 Å². The summed E-state index contributed by atoms with van der Waals surface area (Å²) in [7, 11) is 0. The highest BCUT2D eigenvalue weighted by atomic mass is 19.1. The average molecular weight is 490 g/mol. The van der Waals surface area contributed by atoms with Crippen LogP contribution in [0.3, 0.4) is 0 Å². The highest BCUT2D eigenvalue weighted by Gasteiger charge is 2.71. The molecule has 1 amide bonds. The molecule has 3 fully saturated rings. The number of hydrogen-bond acceptors (Lipinski definition) is 3. The van der Waals surface area contributed by atoms with Crippen molar-refractivity contribution in [2.24, 2.45) is 10.8 Å². The maximum absolute atomic E-state index is 14.1. The number of aliphatic carboxylic acids is 1. The maximum Gasteiger partial charge on any atom is 0.407 e. The van der Waals surface area contributed by atoms with E-state index >= 15 is 0 Å². The topological polar surface area (TPSA) is 75.6 Å². The van der Waals surface area contributed by atoms with Gasteiger partial charge >= 0.3 is 12.1 Å². The van der Waals surface area contributed by atoms with Crippen molar-refractivity contribution < 1.29 is 28.2 Å². The molecule has 184 valence electrons. The lowest BCUT2D eigenvalue weighted by atomic mass is 9.32. The molecule has 3 aromatic carbocycles. The number of rotatable bonds is 7. The summed E-state index contributed by atoms with van der Waals surface area (Å²) in [6, 6.07) is 18.3. The number of fused-ring (bicyclic) bond motifs is 3. The van der Waals surface area contributed by atoms with Crippen LogP contribution in [0.15, 0.2) is 66.7 Å². The van der Waals surface area contributed by atoms with E-state index < -0.39 is 35.2 Å². The molecule has 1 atom stereocenters. The van der Waals surface area contributed by atoms with Gasteiger partial charge in [0.15, 0.2) is 0 Å². The van der Waals surface area contributed by atoms with E-state index in [1.54, 1.807) is 0 Å². The fraction of sp³-hybridized carbons (Fsp3) is 0.310. The zero-order valence-electron chi connectivity index (χ0n) is 19.5. The maximum atomic E-state index is 14.1. The van der Waals surface area contributed by atoms with Gasteiger partial charge in [0.25, 0.3) is 0 Å². The summed E-state index contributed by atoms with van der Waals surface area (Å²) in [5, 5.41) is 12.4. The fourth-order valence-electron chi connectivity index (χ4n) is 6.90. The molecule has 7 heteroatoms. The van der Waals surface area contributed by atoms with Gasteiger partial charge in [-0.05, 0) is 77.1 Å². The number of carboxylic acids is 1. The molecule has 4 aliphatic rings. The number of ether oxygens (including phenoxy) is 1. The minimum Gasteiger partial charge on any atom is -0.480 e. The zero-order chi connectivity index (χ0) is 25.1. The number of nitrogens with one attached hydrogen (secondary N) is 1. The Morgan fingerprint density at radius 2 is 1.58 bits per heavy atom. The second-order valence-electron chi connectivity index (χ2n) is 10.5. The largest absolute Gasteiger partial charge is 0.480 e. The molecule has 3 saturated carbocycles. The van der Waals surface area contributed by atoms with Gasteiger partial charge in [-0.25, -0.2) is 18.4 Å². The standard InChI is InChI=1S/C29H25F2NO4/c30-18-9-10-24(31)17(11-18)12-28-14-29(15-28,16-28)25(26(33)34)32-27(35)36-13-23-21-7-3-1-5-19(21)20-6-2-4-8-22(20)23/h1-11,23,25H,12-16H2,(H,32,35)(H,33,34). The zero-order valence-corrected chi connectivity index (χ0v) is 19.5. The van der Waals surface area contributed by atoms with Crippen molar-refractivity contribution in [3.05, 3.63) is 95.1 Å². The number of alkyl carbamates (subject to hydrolysis) is 1. The lowest BCUT2D eigenvalue weighted by molar-refractivity contribution is -0.223. The van der Waals surface area contributed by atoms with Crippen LogP contribution < -0.4 is 5.32 Å². The third-order valence-electron chi connectivity index (χ3n) is 8.22. The molecular formula is C29H25F2NO4. The van der Waals surface area contributed by atoms with Crippen LogP contribution in [0.4, 0.5) is 13.6 Å². The Morgan fingerprint density at radius 1 is 0.972 bits per heavy atom. The Balaban J connectivity index is 1.10. The van der Waals surface area contributed by atoms with Crippen LogP contribution in [-0.2, 0) is 16.0 Å². The number of carbonyl (C=O) groups excluding carboxylic acids is 1. The third-order valence-corrected chi connectivity index (χ3v) is 8.22. The van der Waals surface area contributed by atoms with Gasteiger partial charge in [-0.1, -0.05) is 48.5 Å². The van der Waals surface area contributed by atoms with E-state index in [-0.39, 0.29) is 17.9 Å². The van der Waals surface area contributed by atoms with Gasteiger partial charge in [0.2, 0.25) is 0 Å². The Morgan fingerprint density at radius 3 is 2.19 bits per heavy atom. The van der Waals surface area contributed by atoms with Crippen molar-refractivity contribution in [3.8, 4) is 11.1 Å². The molecule has 0 saturated heterocycles. The number of hydrogen-bond donors (Lipinski definition) is 2. The van der Waals surface area contributed by atoms with E-state index in [4.69, 9.17) is 4.74 Å². The molecule has 2 bridgehead atoms. The predicted octanol–water partition coefficient (Wildman–Crippen LogP) is 5.67. The second kappa shape index (κ2) is 8.15. The predicted molar refractivity (Wildman–Crippen MR) is 128 cm³/mol. The molecule has 0 radical (unpaired) electrons. The van der Waals surface area contributed by atoms with Crippen LogP contribution in [0.25, 0.3) is 11.1 Å². The molecule has 0 spiro atoms. The first-order valence-electron chi connectivity index (χ1n) is 12.1. The molecule has 1 unspecified atom stereocenters. The van der Waals surface area contributed by atoms with Crippen molar-refractivity contribution >= 4 is 12.1 Å². The first kappa shape index (κ1) is 22.7. The van der Waals surface area contributed by atoms with Crippen molar-refractivity contribution in [2.45, 2.75) is 37.6 Å². The van der Waals surface area contributed by atoms with E-state index in [1.807, 2.05) is 48.5 Å². The van der Waals surface area contributed by atoms with Gasteiger partial charge in [0.1, 0.15) is 24.3 Å². The van der Waals surface area contributed by atoms with Crippen LogP contribution in [0.1, 0.15) is 41.9 Å². The lowest BCUT2D eigenvalue weighted by Crippen LogP contribution is -2.72. The Kier molecular flexibility index (Phi) is 5.14. The van der Waals surface area contributed by atoms with Crippen molar-refractivity contribution in [1.82, 2.24) is 5.32 Å². The average Bonchev–Trinajstić information content (AvgIpc) is 3.13. The van der Waals surface area contributed by atoms with E-state index in [0.717, 1.165) is 34.4 Å². The molecule has 2 N–H and O–H groups in total. The second-order valence-corrected chi connectivity index (χ2v) is 10.5. The van der Waals surface area contributed by atoms with Gasteiger partial charge in [-0.15, -0.1) is 0 Å². The summed E-state index contributed by atoms with van der Waals surface area (Å²) >= 11 is 0. The Bertz CT molecular complexity index is 1320. The summed E-state index contributed by atoms with van der Waals surface area (Å²) in [5.74, 6) is -2.19. The third kappa shape index (κ3) is 3.56. The van der Waals surface area contributed by atoms with Crippen LogP contribution >= 0.6 is 0 Å². The monoisotopic (exact) mass is 489 g/mol. The van der Waals surface area contributed by atoms with Crippen LogP contribution in [-0.4, -0.2) is 29.8 Å². The smallest absolute Gasteiger partial charge is 0.407 e. The fourth-order valence-corrected chi connectivity index (χ4v) is 6.90. The normalized spacial score (nSPS) is 24.1. The van der Waals surface area contributed by atoms with Gasteiger partial charge < -0.3 is 15.2 Å². The summed E-state index contributed by atoms with van der Waals surface area (Å²) in [6.45, 7) is 0.0992. The summed E-state index contributed by atoms with van der Waals surface area (Å²) < 4.78 is 33.2. The van der Waals surface area contributed by atoms with Crippen LogP contribution in [0.2, 0.25) is 0 Å². The van der Waals surface area contributed by atoms with E-state index in [2.05, 4.69) is 5.32 Å². The molecular weight excluding hydrogens is 464 g/mol. The SMILES string of the molecule is O=C(NC(C(=O)O)C12CC(Cc3cc(F)ccc3F)(C1)C2)OCC1c2ccccc2-c2ccccc21. The number of halogens is 2. The van der Waals surface area contributed by atoms with Crippen molar-refractivity contribution in [2.75, 3.05) is 6.61 Å².